The lowest BCUT2D eigenvalue weighted by Gasteiger charge is -2.10. The molecule has 2 atom stereocenters. The van der Waals surface area contributed by atoms with Gasteiger partial charge in [-0.15, -0.1) is 0 Å². The third-order valence-electron chi connectivity index (χ3n) is 2.00. The lowest BCUT2D eigenvalue weighted by atomic mass is 10.3. The molecule has 0 radical (unpaired) electrons. The van der Waals surface area contributed by atoms with Crippen LogP contribution in [0.4, 0.5) is 10.1 Å². The van der Waals surface area contributed by atoms with E-state index in [9.17, 15) is 8.60 Å². The first kappa shape index (κ1) is 11.2. The molecule has 0 fully saturated rings. The smallest absolute Gasteiger partial charge is 0.123 e. The summed E-state index contributed by atoms with van der Waals surface area (Å²) >= 11 is 0. The molecule has 0 aliphatic carbocycles. The van der Waals surface area contributed by atoms with Gasteiger partial charge in [0, 0.05) is 5.69 Å². The standard InChI is InChI=1S/C10H14FNOS/c1-3-8(2)14(13)12-10-6-4-9(11)5-7-10/h4-8,12H,3H2,1-2H3/t8-,14+/m0/s1. The molecule has 0 aliphatic rings. The van der Waals surface area contributed by atoms with Crippen molar-refractivity contribution in [2.75, 3.05) is 4.72 Å². The minimum atomic E-state index is -1.09. The lowest BCUT2D eigenvalue weighted by Crippen LogP contribution is -2.16. The van der Waals surface area contributed by atoms with E-state index in [1.54, 1.807) is 12.1 Å². The predicted octanol–water partition coefficient (Wildman–Crippen LogP) is 2.70. The van der Waals surface area contributed by atoms with Gasteiger partial charge in [0.1, 0.15) is 16.8 Å². The van der Waals surface area contributed by atoms with Crippen LogP contribution in [-0.2, 0) is 11.0 Å². The Labute approximate surface area is 86.1 Å². The summed E-state index contributed by atoms with van der Waals surface area (Å²) in [7, 11) is -1.09. The third-order valence-corrected chi connectivity index (χ3v) is 3.50. The van der Waals surface area contributed by atoms with Crippen LogP contribution in [0.2, 0.25) is 0 Å². The summed E-state index contributed by atoms with van der Waals surface area (Å²) in [6, 6.07) is 5.84. The van der Waals surface area contributed by atoms with Gasteiger partial charge in [-0.05, 0) is 37.6 Å². The second-order valence-electron chi connectivity index (χ2n) is 3.13. The molecule has 0 bridgehead atoms. The van der Waals surface area contributed by atoms with Crippen LogP contribution in [0, 0.1) is 5.82 Å². The van der Waals surface area contributed by atoms with Crippen molar-refractivity contribution in [3.05, 3.63) is 30.1 Å². The molecule has 4 heteroatoms. The van der Waals surface area contributed by atoms with Gasteiger partial charge >= 0.3 is 0 Å². The van der Waals surface area contributed by atoms with Crippen molar-refractivity contribution in [2.24, 2.45) is 0 Å². The van der Waals surface area contributed by atoms with Crippen LogP contribution in [0.3, 0.4) is 0 Å². The van der Waals surface area contributed by atoms with Crippen molar-refractivity contribution in [3.63, 3.8) is 0 Å². The van der Waals surface area contributed by atoms with Crippen LogP contribution < -0.4 is 4.72 Å². The van der Waals surface area contributed by atoms with Crippen LogP contribution in [0.1, 0.15) is 20.3 Å². The van der Waals surface area contributed by atoms with Gasteiger partial charge in [-0.2, -0.15) is 0 Å². The first-order chi connectivity index (χ1) is 6.63. The number of benzene rings is 1. The Balaban J connectivity index is 2.60. The molecule has 0 spiro atoms. The first-order valence-corrected chi connectivity index (χ1v) is 5.77. The van der Waals surface area contributed by atoms with E-state index < -0.39 is 11.0 Å². The Morgan fingerprint density at radius 1 is 1.43 bits per heavy atom. The van der Waals surface area contributed by atoms with Gasteiger partial charge in [0.15, 0.2) is 0 Å². The molecule has 1 aromatic carbocycles. The highest BCUT2D eigenvalue weighted by Crippen LogP contribution is 2.11. The fourth-order valence-electron chi connectivity index (χ4n) is 0.886. The molecule has 0 saturated heterocycles. The number of hydrogen-bond donors (Lipinski definition) is 1. The van der Waals surface area contributed by atoms with Crippen molar-refractivity contribution in [1.29, 1.82) is 0 Å². The van der Waals surface area contributed by atoms with Gasteiger partial charge in [0.25, 0.3) is 0 Å². The second kappa shape index (κ2) is 5.10. The first-order valence-electron chi connectivity index (χ1n) is 4.56. The Morgan fingerprint density at radius 2 is 2.00 bits per heavy atom. The average molecular weight is 215 g/mol. The van der Waals surface area contributed by atoms with Crippen molar-refractivity contribution >= 4 is 16.7 Å². The number of hydrogen-bond acceptors (Lipinski definition) is 1. The van der Waals surface area contributed by atoms with E-state index in [4.69, 9.17) is 0 Å². The van der Waals surface area contributed by atoms with E-state index >= 15 is 0 Å². The summed E-state index contributed by atoms with van der Waals surface area (Å²) < 4.78 is 26.9. The van der Waals surface area contributed by atoms with Crippen LogP contribution in [0.5, 0.6) is 0 Å². The van der Waals surface area contributed by atoms with E-state index in [0.717, 1.165) is 6.42 Å². The SMILES string of the molecule is CC[C@H](C)[S@@](=O)Nc1ccc(F)cc1. The van der Waals surface area contributed by atoms with E-state index in [-0.39, 0.29) is 11.1 Å². The molecule has 2 nitrogen and oxygen atoms in total. The molecule has 0 saturated carbocycles. The molecule has 78 valence electrons. The summed E-state index contributed by atoms with van der Waals surface area (Å²) in [6.45, 7) is 3.89. The quantitative estimate of drug-likeness (QED) is 0.822. The zero-order chi connectivity index (χ0) is 10.6. The number of anilines is 1. The fraction of sp³-hybridized carbons (Fsp3) is 0.400. The molecule has 0 aromatic heterocycles. The maximum Gasteiger partial charge on any atom is 0.123 e. The largest absolute Gasteiger partial charge is 0.305 e. The average Bonchev–Trinajstić information content (AvgIpc) is 2.20. The van der Waals surface area contributed by atoms with Crippen molar-refractivity contribution in [1.82, 2.24) is 0 Å². The Morgan fingerprint density at radius 3 is 2.50 bits per heavy atom. The maximum atomic E-state index is 12.5. The summed E-state index contributed by atoms with van der Waals surface area (Å²) in [4.78, 5) is 0. The number of nitrogens with one attached hydrogen (secondary N) is 1. The fourth-order valence-corrected chi connectivity index (χ4v) is 1.76. The number of halogens is 1. The molecule has 1 rings (SSSR count). The van der Waals surface area contributed by atoms with Crippen molar-refractivity contribution in [2.45, 2.75) is 25.5 Å². The van der Waals surface area contributed by atoms with Gasteiger partial charge < -0.3 is 4.72 Å². The van der Waals surface area contributed by atoms with Gasteiger partial charge in [-0.3, -0.25) is 0 Å². The molecule has 0 unspecified atom stereocenters. The molecule has 0 heterocycles. The highest BCUT2D eigenvalue weighted by atomic mass is 32.2. The van der Waals surface area contributed by atoms with Crippen LogP contribution in [-0.4, -0.2) is 9.46 Å². The Hall–Kier alpha value is -0.900. The molecule has 1 aromatic rings. The number of rotatable bonds is 4. The molecule has 14 heavy (non-hydrogen) atoms. The molecule has 1 N–H and O–H groups in total. The highest BCUT2D eigenvalue weighted by molar-refractivity contribution is 7.86. The minimum absolute atomic E-state index is 0.0973. The van der Waals surface area contributed by atoms with E-state index in [0.29, 0.717) is 5.69 Å². The van der Waals surface area contributed by atoms with E-state index in [1.807, 2.05) is 13.8 Å². The van der Waals surface area contributed by atoms with Crippen LogP contribution in [0.25, 0.3) is 0 Å². The zero-order valence-corrected chi connectivity index (χ0v) is 9.10. The summed E-state index contributed by atoms with van der Waals surface area (Å²) in [5, 5.41) is 0.0973. The van der Waals surface area contributed by atoms with Gasteiger partial charge in [-0.25, -0.2) is 8.60 Å². The van der Waals surface area contributed by atoms with E-state index in [1.165, 1.54) is 12.1 Å². The monoisotopic (exact) mass is 215 g/mol. The van der Waals surface area contributed by atoms with Gasteiger partial charge in [0.05, 0.1) is 5.25 Å². The normalized spacial score (nSPS) is 14.8. The van der Waals surface area contributed by atoms with Crippen LogP contribution in [0.15, 0.2) is 24.3 Å². The maximum absolute atomic E-state index is 12.5. The van der Waals surface area contributed by atoms with E-state index in [2.05, 4.69) is 4.72 Å². The van der Waals surface area contributed by atoms with Gasteiger partial charge in [-0.1, -0.05) is 6.92 Å². The summed E-state index contributed by atoms with van der Waals surface area (Å²) in [5.41, 5.74) is 0.685. The molecular formula is C10H14FNOS. The third kappa shape index (κ3) is 3.10. The lowest BCUT2D eigenvalue weighted by molar-refractivity contribution is 0.628. The predicted molar refractivity (Wildman–Crippen MR) is 57.9 cm³/mol. The Kier molecular flexibility index (Phi) is 4.07. The van der Waals surface area contributed by atoms with Crippen molar-refractivity contribution < 1.29 is 8.60 Å². The summed E-state index contributed by atoms with van der Waals surface area (Å²) in [5.74, 6) is -0.287. The van der Waals surface area contributed by atoms with Crippen molar-refractivity contribution in [3.8, 4) is 0 Å². The van der Waals surface area contributed by atoms with Crippen LogP contribution >= 0.6 is 0 Å². The second-order valence-corrected chi connectivity index (χ2v) is 4.73. The molecule has 0 amide bonds. The highest BCUT2D eigenvalue weighted by Gasteiger charge is 2.07. The Bertz CT molecular complexity index is 312. The molecule has 0 aliphatic heterocycles. The topological polar surface area (TPSA) is 29.1 Å². The minimum Gasteiger partial charge on any atom is -0.305 e. The van der Waals surface area contributed by atoms with Gasteiger partial charge in [0.2, 0.25) is 0 Å². The molecular weight excluding hydrogens is 201 g/mol. The zero-order valence-electron chi connectivity index (χ0n) is 8.29. The summed E-state index contributed by atoms with van der Waals surface area (Å²) in [6.07, 6.45) is 0.848.